The van der Waals surface area contributed by atoms with Crippen LogP contribution in [0.5, 0.6) is 5.75 Å². The van der Waals surface area contributed by atoms with Gasteiger partial charge in [0.2, 0.25) is 0 Å². The summed E-state index contributed by atoms with van der Waals surface area (Å²) >= 11 is 0. The van der Waals surface area contributed by atoms with Crippen molar-refractivity contribution >= 4 is 20.1 Å². The van der Waals surface area contributed by atoms with Crippen molar-refractivity contribution in [2.45, 2.75) is 32.5 Å². The maximum absolute atomic E-state index is 6.33. The van der Waals surface area contributed by atoms with Gasteiger partial charge in [0, 0.05) is 24.0 Å². The molecule has 0 radical (unpaired) electrons. The third-order valence-corrected chi connectivity index (χ3v) is 6.41. The molecule has 0 saturated carbocycles. The van der Waals surface area contributed by atoms with Gasteiger partial charge in [0.05, 0.1) is 0 Å². The van der Waals surface area contributed by atoms with Crippen molar-refractivity contribution < 1.29 is 4.74 Å². The first-order valence-corrected chi connectivity index (χ1v) is 10.6. The van der Waals surface area contributed by atoms with Crippen molar-refractivity contribution in [3.05, 3.63) is 95.1 Å². The first-order chi connectivity index (χ1) is 13.5. The van der Waals surface area contributed by atoms with Crippen LogP contribution in [0.4, 0.5) is 0 Å². The van der Waals surface area contributed by atoms with Crippen LogP contribution in [0.15, 0.2) is 77.8 Å². The van der Waals surface area contributed by atoms with E-state index in [1.54, 1.807) is 0 Å². The molecule has 144 valence electrons. The number of hydrogen-bond acceptors (Lipinski definition) is 2. The molecular weight excluding hydrogens is 361 g/mol. The van der Waals surface area contributed by atoms with Gasteiger partial charge in [0.1, 0.15) is 12.4 Å². The van der Waals surface area contributed by atoms with Gasteiger partial charge in [-0.1, -0.05) is 95.2 Å². The Labute approximate surface area is 170 Å². The summed E-state index contributed by atoms with van der Waals surface area (Å²) in [6, 6.07) is 25.3. The van der Waals surface area contributed by atoms with Crippen molar-refractivity contribution in [2.24, 2.45) is 4.99 Å². The van der Waals surface area contributed by atoms with E-state index >= 15 is 0 Å². The average Bonchev–Trinajstić information content (AvgIpc) is 2.69. The van der Waals surface area contributed by atoms with Gasteiger partial charge in [-0.25, -0.2) is 0 Å². The van der Waals surface area contributed by atoms with E-state index < -0.39 is 0 Å². The Bertz CT molecular complexity index is 948. The molecule has 3 aromatic rings. The topological polar surface area (TPSA) is 21.6 Å². The van der Waals surface area contributed by atoms with Gasteiger partial charge in [-0.15, -0.1) is 0 Å². The molecular formula is C25H28NOP. The smallest absolute Gasteiger partial charge is 0.126 e. The zero-order valence-corrected chi connectivity index (χ0v) is 18.1. The molecule has 1 atom stereocenters. The maximum Gasteiger partial charge on any atom is 0.126 e. The Balaban J connectivity index is 1.90. The van der Waals surface area contributed by atoms with Crippen LogP contribution in [0, 0.1) is 6.92 Å². The van der Waals surface area contributed by atoms with E-state index in [1.807, 2.05) is 19.3 Å². The van der Waals surface area contributed by atoms with Crippen molar-refractivity contribution in [1.29, 1.82) is 0 Å². The largest absolute Gasteiger partial charge is 0.488 e. The average molecular weight is 389 g/mol. The van der Waals surface area contributed by atoms with Gasteiger partial charge in [0.25, 0.3) is 0 Å². The highest BCUT2D eigenvalue weighted by atomic mass is 31.1. The molecule has 0 saturated heterocycles. The van der Waals surface area contributed by atoms with E-state index in [2.05, 4.69) is 92.5 Å². The highest BCUT2D eigenvalue weighted by Crippen LogP contribution is 2.45. The van der Waals surface area contributed by atoms with Gasteiger partial charge in [-0.2, -0.15) is 0 Å². The molecule has 2 nitrogen and oxygen atoms in total. The highest BCUT2D eigenvalue weighted by Gasteiger charge is 2.26. The zero-order chi connectivity index (χ0) is 20.0. The Hall–Kier alpha value is -2.44. The predicted molar refractivity (Wildman–Crippen MR) is 123 cm³/mol. The number of nitrogens with zero attached hydrogens (tertiary/aromatic N) is 1. The molecule has 0 N–H and O–H groups in total. The predicted octanol–water partition coefficient (Wildman–Crippen LogP) is 5.86. The molecule has 0 aromatic heterocycles. The van der Waals surface area contributed by atoms with Crippen molar-refractivity contribution in [1.82, 2.24) is 0 Å². The molecule has 3 aromatic carbocycles. The summed E-state index contributed by atoms with van der Waals surface area (Å²) in [7, 11) is 2.43. The van der Waals surface area contributed by atoms with Gasteiger partial charge >= 0.3 is 0 Å². The van der Waals surface area contributed by atoms with E-state index in [0.717, 1.165) is 5.75 Å². The molecule has 0 aliphatic rings. The summed E-state index contributed by atoms with van der Waals surface area (Å²) in [6.07, 6.45) is 1.95. The lowest BCUT2D eigenvalue weighted by atomic mass is 9.98. The van der Waals surface area contributed by atoms with Crippen LogP contribution in [-0.4, -0.2) is 13.3 Å². The molecule has 0 spiro atoms. The summed E-state index contributed by atoms with van der Waals surface area (Å²) in [5.41, 5.74) is 4.80. The second-order valence-corrected chi connectivity index (χ2v) is 9.49. The van der Waals surface area contributed by atoms with Gasteiger partial charge in [-0.3, -0.25) is 4.99 Å². The van der Waals surface area contributed by atoms with Crippen molar-refractivity contribution in [3.8, 4) is 5.75 Å². The normalized spacial score (nSPS) is 12.1. The van der Waals surface area contributed by atoms with E-state index in [4.69, 9.17) is 4.74 Å². The number of aliphatic imine (C=N–C) groups is 1. The fourth-order valence-corrected chi connectivity index (χ4v) is 4.81. The minimum absolute atomic E-state index is 0.0459. The molecule has 0 bridgehead atoms. The Morgan fingerprint density at radius 1 is 0.929 bits per heavy atom. The Kier molecular flexibility index (Phi) is 6.65. The fourth-order valence-electron chi connectivity index (χ4n) is 3.33. The third-order valence-electron chi connectivity index (χ3n) is 4.79. The van der Waals surface area contributed by atoms with Crippen molar-refractivity contribution in [2.75, 3.05) is 7.05 Å². The summed E-state index contributed by atoms with van der Waals surface area (Å²) in [6.45, 7) is 7.31. The van der Waals surface area contributed by atoms with Crippen LogP contribution in [0.25, 0.3) is 0 Å². The molecule has 0 fully saturated rings. The zero-order valence-electron chi connectivity index (χ0n) is 17.1. The molecule has 1 unspecified atom stereocenters. The second kappa shape index (κ2) is 9.17. The molecule has 0 heterocycles. The van der Waals surface area contributed by atoms with E-state index in [9.17, 15) is 0 Å². The number of benzene rings is 3. The first kappa shape index (κ1) is 20.3. The highest BCUT2D eigenvalue weighted by molar-refractivity contribution is 7.48. The lowest BCUT2D eigenvalue weighted by molar-refractivity contribution is 0.298. The molecule has 0 aliphatic carbocycles. The minimum atomic E-state index is -0.0459. The van der Waals surface area contributed by atoms with E-state index in [-0.39, 0.29) is 5.16 Å². The molecule has 0 aliphatic heterocycles. The summed E-state index contributed by atoms with van der Waals surface area (Å²) in [4.78, 5) is 4.22. The van der Waals surface area contributed by atoms with Crippen LogP contribution in [-0.2, 0) is 11.8 Å². The summed E-state index contributed by atoms with van der Waals surface area (Å²) in [5.74, 6) is 1.01. The number of aryl methyl sites for hydroxylation is 1. The molecule has 3 rings (SSSR count). The SMILES string of the molecule is C/N=C/c1ccccc1PC(C)(C)c1cccc(C)c1OCc1ccccc1. The maximum atomic E-state index is 6.33. The lowest BCUT2D eigenvalue weighted by Crippen LogP contribution is -2.18. The van der Waals surface area contributed by atoms with Gasteiger partial charge in [-0.05, 0) is 28.9 Å². The van der Waals surface area contributed by atoms with Crippen LogP contribution >= 0.6 is 8.58 Å². The summed E-state index contributed by atoms with van der Waals surface area (Å²) < 4.78 is 6.33. The number of ether oxygens (including phenoxy) is 1. The Morgan fingerprint density at radius 2 is 1.64 bits per heavy atom. The molecule has 3 heteroatoms. The number of para-hydroxylation sites is 1. The fraction of sp³-hybridized carbons (Fsp3) is 0.240. The first-order valence-electron chi connectivity index (χ1n) is 9.57. The van der Waals surface area contributed by atoms with Gasteiger partial charge < -0.3 is 4.74 Å². The minimum Gasteiger partial charge on any atom is -0.488 e. The molecule has 28 heavy (non-hydrogen) atoms. The van der Waals surface area contributed by atoms with E-state index in [1.165, 1.54) is 27.6 Å². The van der Waals surface area contributed by atoms with Crippen LogP contribution in [0.1, 0.15) is 36.1 Å². The quantitative estimate of drug-likeness (QED) is 0.366. The Morgan fingerprint density at radius 3 is 2.39 bits per heavy atom. The monoisotopic (exact) mass is 389 g/mol. The summed E-state index contributed by atoms with van der Waals surface area (Å²) in [5, 5.41) is 1.28. The third kappa shape index (κ3) is 4.88. The van der Waals surface area contributed by atoms with Gasteiger partial charge in [0.15, 0.2) is 0 Å². The van der Waals surface area contributed by atoms with Crippen molar-refractivity contribution in [3.63, 3.8) is 0 Å². The van der Waals surface area contributed by atoms with Crippen LogP contribution < -0.4 is 10.0 Å². The number of hydrogen-bond donors (Lipinski definition) is 0. The number of rotatable bonds is 7. The second-order valence-electron chi connectivity index (χ2n) is 7.45. The van der Waals surface area contributed by atoms with E-state index in [0.29, 0.717) is 15.2 Å². The molecule has 0 amide bonds. The standard InChI is InChI=1S/C25H28NOP/c1-19-11-10-15-22(24(19)27-18-20-12-6-5-7-13-20)25(2,3)28-23-16-9-8-14-21(23)17-26-4/h5-17,28H,18H2,1-4H3/b26-17+. The lowest BCUT2D eigenvalue weighted by Gasteiger charge is -2.29. The van der Waals surface area contributed by atoms with Crippen LogP contribution in [0.2, 0.25) is 0 Å². The van der Waals surface area contributed by atoms with Crippen LogP contribution in [0.3, 0.4) is 0 Å².